The van der Waals surface area contributed by atoms with Crippen LogP contribution in [0.3, 0.4) is 0 Å². The summed E-state index contributed by atoms with van der Waals surface area (Å²) >= 11 is 0. The number of aliphatic hydroxyl groups is 1. The van der Waals surface area contributed by atoms with Crippen LogP contribution in [0.4, 0.5) is 8.78 Å². The molecule has 2 N–H and O–H groups in total. The Morgan fingerprint density at radius 2 is 2.05 bits per heavy atom. The van der Waals surface area contributed by atoms with E-state index in [-0.39, 0.29) is 6.54 Å². The van der Waals surface area contributed by atoms with E-state index in [1.165, 1.54) is 10.9 Å². The normalized spacial score (nSPS) is 11.8. The van der Waals surface area contributed by atoms with Gasteiger partial charge in [0, 0.05) is 13.2 Å². The average molecular weight is 317 g/mol. The first-order valence-electron chi connectivity index (χ1n) is 5.91. The second kappa shape index (κ2) is 5.88. The molecule has 0 saturated heterocycles. The minimum atomic E-state index is -4.18. The molecule has 0 radical (unpaired) electrons. The van der Waals surface area contributed by atoms with Gasteiger partial charge in [0.2, 0.25) is 10.0 Å². The lowest BCUT2D eigenvalue weighted by Crippen LogP contribution is -2.25. The smallest absolute Gasteiger partial charge is 0.243 e. The first-order chi connectivity index (χ1) is 9.86. The van der Waals surface area contributed by atoms with E-state index < -0.39 is 38.7 Å². The molecule has 0 amide bonds. The molecule has 114 valence electrons. The molecule has 6 nitrogen and oxygen atoms in total. The lowest BCUT2D eigenvalue weighted by Gasteiger charge is -2.10. The molecule has 21 heavy (non-hydrogen) atoms. The number of aliphatic hydroxyl groups excluding tert-OH is 1. The molecular formula is C12H13F2N3O3S. The quantitative estimate of drug-likeness (QED) is 0.849. The van der Waals surface area contributed by atoms with E-state index >= 15 is 0 Å². The molecule has 0 aliphatic rings. The molecule has 1 aromatic carbocycles. The summed E-state index contributed by atoms with van der Waals surface area (Å²) in [5.41, 5.74) is -0.109. The van der Waals surface area contributed by atoms with Gasteiger partial charge in [0.15, 0.2) is 5.82 Å². The lowest BCUT2D eigenvalue weighted by atomic mass is 10.2. The van der Waals surface area contributed by atoms with E-state index in [2.05, 4.69) is 9.82 Å². The summed E-state index contributed by atoms with van der Waals surface area (Å²) in [5, 5.41) is 12.8. The lowest BCUT2D eigenvalue weighted by molar-refractivity contribution is 0.267. The number of aromatic nitrogens is 2. The van der Waals surface area contributed by atoms with E-state index in [4.69, 9.17) is 5.11 Å². The Morgan fingerprint density at radius 1 is 1.33 bits per heavy atom. The number of rotatable bonds is 5. The summed E-state index contributed by atoms with van der Waals surface area (Å²) in [7, 11) is -2.55. The van der Waals surface area contributed by atoms with Gasteiger partial charge in [-0.3, -0.25) is 4.68 Å². The van der Waals surface area contributed by atoms with Crippen LogP contribution < -0.4 is 4.72 Å². The Bertz CT molecular complexity index is 759. The van der Waals surface area contributed by atoms with Crippen LogP contribution in [0.25, 0.3) is 0 Å². The van der Waals surface area contributed by atoms with Crippen LogP contribution in [0.5, 0.6) is 0 Å². The first kappa shape index (κ1) is 15.5. The Hall–Kier alpha value is -1.84. The van der Waals surface area contributed by atoms with Gasteiger partial charge in [-0.05, 0) is 18.2 Å². The summed E-state index contributed by atoms with van der Waals surface area (Å²) in [4.78, 5) is -0.713. The third kappa shape index (κ3) is 3.09. The molecule has 0 aliphatic carbocycles. The third-order valence-electron chi connectivity index (χ3n) is 2.96. The Kier molecular flexibility index (Phi) is 4.35. The van der Waals surface area contributed by atoms with Crippen molar-refractivity contribution in [1.29, 1.82) is 0 Å². The van der Waals surface area contributed by atoms with Crippen molar-refractivity contribution >= 4 is 10.0 Å². The van der Waals surface area contributed by atoms with Crippen LogP contribution in [0.2, 0.25) is 0 Å². The van der Waals surface area contributed by atoms with Crippen molar-refractivity contribution < 1.29 is 22.3 Å². The maximum absolute atomic E-state index is 13.9. The third-order valence-corrected chi connectivity index (χ3v) is 4.38. The Morgan fingerprint density at radius 3 is 2.62 bits per heavy atom. The van der Waals surface area contributed by atoms with Crippen molar-refractivity contribution in [2.24, 2.45) is 7.05 Å². The second-order valence-corrected chi connectivity index (χ2v) is 6.00. The number of sulfonamides is 1. The van der Waals surface area contributed by atoms with Crippen molar-refractivity contribution in [3.8, 4) is 0 Å². The second-order valence-electron chi connectivity index (χ2n) is 4.27. The highest BCUT2D eigenvalue weighted by Crippen LogP contribution is 2.21. The Labute approximate surface area is 120 Å². The molecule has 1 aromatic heterocycles. The van der Waals surface area contributed by atoms with Gasteiger partial charge in [-0.2, -0.15) is 5.10 Å². The highest BCUT2D eigenvalue weighted by molar-refractivity contribution is 7.89. The standard InChI is InChI=1S/C12H13F2N3O3S/c1-17-8(4-5-15-17)6-16-21(19,20)11-3-2-10(13)9(7-18)12(11)14/h2-5,16,18H,6-7H2,1H3. The van der Waals surface area contributed by atoms with Gasteiger partial charge in [0.1, 0.15) is 10.7 Å². The number of hydrogen-bond acceptors (Lipinski definition) is 4. The van der Waals surface area contributed by atoms with Gasteiger partial charge >= 0.3 is 0 Å². The summed E-state index contributed by atoms with van der Waals surface area (Å²) < 4.78 is 55.0. The predicted octanol–water partition coefficient (Wildman–Crippen LogP) is 0.669. The number of aryl methyl sites for hydroxylation is 1. The van der Waals surface area contributed by atoms with Gasteiger partial charge in [0.25, 0.3) is 0 Å². The van der Waals surface area contributed by atoms with Gasteiger partial charge < -0.3 is 5.11 Å². The molecule has 9 heteroatoms. The van der Waals surface area contributed by atoms with E-state index in [1.54, 1.807) is 13.1 Å². The molecule has 0 bridgehead atoms. The van der Waals surface area contributed by atoms with Crippen LogP contribution in [-0.4, -0.2) is 23.3 Å². The van der Waals surface area contributed by atoms with E-state index in [9.17, 15) is 17.2 Å². The molecule has 0 unspecified atom stereocenters. The number of nitrogens with zero attached hydrogens (tertiary/aromatic N) is 2. The van der Waals surface area contributed by atoms with E-state index in [1.807, 2.05) is 0 Å². The van der Waals surface area contributed by atoms with Crippen LogP contribution in [0, 0.1) is 11.6 Å². The van der Waals surface area contributed by atoms with Crippen molar-refractivity contribution in [2.75, 3.05) is 0 Å². The highest BCUT2D eigenvalue weighted by atomic mass is 32.2. The minimum absolute atomic E-state index is 0.0931. The molecule has 0 fully saturated rings. The molecule has 0 saturated carbocycles. The van der Waals surface area contributed by atoms with Crippen molar-refractivity contribution in [2.45, 2.75) is 18.0 Å². The van der Waals surface area contributed by atoms with Gasteiger partial charge in [-0.25, -0.2) is 21.9 Å². The first-order valence-corrected chi connectivity index (χ1v) is 7.39. The zero-order valence-electron chi connectivity index (χ0n) is 11.0. The molecule has 0 spiro atoms. The molecule has 0 atom stereocenters. The van der Waals surface area contributed by atoms with Gasteiger partial charge in [-0.1, -0.05) is 0 Å². The minimum Gasteiger partial charge on any atom is -0.391 e. The van der Waals surface area contributed by atoms with Gasteiger partial charge in [-0.15, -0.1) is 0 Å². The fourth-order valence-corrected chi connectivity index (χ4v) is 2.85. The fourth-order valence-electron chi connectivity index (χ4n) is 1.75. The molecule has 1 heterocycles. The van der Waals surface area contributed by atoms with Crippen LogP contribution in [-0.2, 0) is 30.2 Å². The van der Waals surface area contributed by atoms with E-state index in [0.717, 1.165) is 12.1 Å². The molecular weight excluding hydrogens is 304 g/mol. The largest absolute Gasteiger partial charge is 0.391 e. The van der Waals surface area contributed by atoms with Gasteiger partial charge in [0.05, 0.1) is 24.4 Å². The highest BCUT2D eigenvalue weighted by Gasteiger charge is 2.23. The number of nitrogens with one attached hydrogen (secondary N) is 1. The summed E-state index contributed by atoms with van der Waals surface area (Å²) in [5.74, 6) is -2.30. The maximum atomic E-state index is 13.9. The summed E-state index contributed by atoms with van der Waals surface area (Å²) in [6, 6.07) is 3.21. The average Bonchev–Trinajstić information content (AvgIpc) is 2.82. The zero-order chi connectivity index (χ0) is 15.6. The Balaban J connectivity index is 2.30. The summed E-state index contributed by atoms with van der Waals surface area (Å²) in [6.07, 6.45) is 1.49. The SMILES string of the molecule is Cn1nccc1CNS(=O)(=O)c1ccc(F)c(CO)c1F. The maximum Gasteiger partial charge on any atom is 0.243 e. The number of hydrogen-bond donors (Lipinski definition) is 2. The molecule has 2 rings (SSSR count). The van der Waals surface area contributed by atoms with E-state index in [0.29, 0.717) is 5.69 Å². The molecule has 2 aromatic rings. The van der Waals surface area contributed by atoms with Crippen LogP contribution in [0.15, 0.2) is 29.3 Å². The van der Waals surface area contributed by atoms with Crippen molar-refractivity contribution in [1.82, 2.24) is 14.5 Å². The van der Waals surface area contributed by atoms with Crippen LogP contribution in [0.1, 0.15) is 11.3 Å². The number of benzene rings is 1. The topological polar surface area (TPSA) is 84.2 Å². The molecule has 0 aliphatic heterocycles. The predicted molar refractivity (Wildman–Crippen MR) is 69.5 cm³/mol. The zero-order valence-corrected chi connectivity index (χ0v) is 11.9. The van der Waals surface area contributed by atoms with Crippen molar-refractivity contribution in [3.63, 3.8) is 0 Å². The fraction of sp³-hybridized carbons (Fsp3) is 0.250. The number of halogens is 2. The van der Waals surface area contributed by atoms with Crippen LogP contribution >= 0.6 is 0 Å². The summed E-state index contributed by atoms with van der Waals surface area (Å²) in [6.45, 7) is -1.02. The monoisotopic (exact) mass is 317 g/mol. The van der Waals surface area contributed by atoms with Crippen molar-refractivity contribution in [3.05, 3.63) is 47.3 Å².